The third-order valence-electron chi connectivity index (χ3n) is 5.13. The highest BCUT2D eigenvalue weighted by Crippen LogP contribution is 2.24. The molecule has 0 radical (unpaired) electrons. The molecule has 9 heteroatoms. The molecule has 4 rings (SSSR count). The van der Waals surface area contributed by atoms with Crippen LogP contribution in [0.15, 0.2) is 65.8 Å². The number of methoxy groups -OCH3 is 1. The average molecular weight is 464 g/mol. The van der Waals surface area contributed by atoms with Gasteiger partial charge in [-0.1, -0.05) is 12.1 Å². The van der Waals surface area contributed by atoms with Gasteiger partial charge in [0.05, 0.1) is 24.4 Å². The van der Waals surface area contributed by atoms with Gasteiger partial charge >= 0.3 is 0 Å². The molecular weight excluding hydrogens is 442 g/mol. The summed E-state index contributed by atoms with van der Waals surface area (Å²) in [6.07, 6.45) is 1.48. The number of fused-ring (bicyclic) bond motifs is 1. The number of benzene rings is 3. The Labute approximate surface area is 194 Å². The number of aromatic nitrogens is 2. The fourth-order valence-corrected chi connectivity index (χ4v) is 3.49. The first kappa shape index (κ1) is 22.9. The fraction of sp³-hybridized carbons (Fsp3) is 0.160. The van der Waals surface area contributed by atoms with Crippen molar-refractivity contribution in [1.29, 1.82) is 0 Å². The topological polar surface area (TPSA) is 77.7 Å². The van der Waals surface area contributed by atoms with Crippen LogP contribution in [-0.4, -0.2) is 28.8 Å². The largest absolute Gasteiger partial charge is 0.496 e. The lowest BCUT2D eigenvalue weighted by Gasteiger charge is -2.11. The summed E-state index contributed by atoms with van der Waals surface area (Å²) in [7, 11) is 1.51. The van der Waals surface area contributed by atoms with E-state index in [1.54, 1.807) is 18.2 Å². The maximum Gasteiger partial charge on any atom is 0.260 e. The second-order valence-electron chi connectivity index (χ2n) is 7.46. The van der Waals surface area contributed by atoms with Crippen LogP contribution in [0.25, 0.3) is 11.0 Å². The zero-order valence-corrected chi connectivity index (χ0v) is 18.6. The number of rotatable bonds is 8. The Hall–Kier alpha value is -4.27. The molecule has 0 aliphatic rings. The van der Waals surface area contributed by atoms with Gasteiger partial charge in [-0.05, 0) is 55.0 Å². The van der Waals surface area contributed by atoms with Crippen LogP contribution < -0.4 is 14.9 Å². The number of nitrogens with one attached hydrogen (secondary N) is 1. The number of para-hydroxylation sites is 2. The molecule has 0 aliphatic carbocycles. The van der Waals surface area contributed by atoms with Crippen LogP contribution in [0.1, 0.15) is 17.0 Å². The number of imidazole rings is 1. The van der Waals surface area contributed by atoms with Gasteiger partial charge in [0.2, 0.25) is 0 Å². The third-order valence-corrected chi connectivity index (χ3v) is 5.13. The molecule has 0 aliphatic heterocycles. The Morgan fingerprint density at radius 2 is 1.91 bits per heavy atom. The molecule has 0 atom stereocenters. The normalized spacial score (nSPS) is 11.2. The Kier molecular flexibility index (Phi) is 6.82. The molecule has 3 aromatic carbocycles. The molecule has 0 fully saturated rings. The van der Waals surface area contributed by atoms with Gasteiger partial charge in [0.25, 0.3) is 5.91 Å². The summed E-state index contributed by atoms with van der Waals surface area (Å²) in [4.78, 5) is 16.9. The quantitative estimate of drug-likeness (QED) is 0.311. The second-order valence-corrected chi connectivity index (χ2v) is 7.46. The van der Waals surface area contributed by atoms with E-state index in [2.05, 4.69) is 15.5 Å². The smallest absolute Gasteiger partial charge is 0.260 e. The maximum absolute atomic E-state index is 13.8. The van der Waals surface area contributed by atoms with Gasteiger partial charge in [-0.2, -0.15) is 5.10 Å². The number of aryl methyl sites for hydroxylation is 1. The monoisotopic (exact) mass is 464 g/mol. The van der Waals surface area contributed by atoms with Crippen molar-refractivity contribution < 1.29 is 23.0 Å². The number of amides is 1. The molecular formula is C25H22F2N4O3. The molecule has 174 valence electrons. The fourth-order valence-electron chi connectivity index (χ4n) is 3.49. The summed E-state index contributed by atoms with van der Waals surface area (Å²) >= 11 is 0. The average Bonchev–Trinajstić information content (AvgIpc) is 3.13. The van der Waals surface area contributed by atoms with E-state index in [0.717, 1.165) is 29.0 Å². The van der Waals surface area contributed by atoms with E-state index in [1.807, 2.05) is 35.8 Å². The van der Waals surface area contributed by atoms with Crippen LogP contribution in [0.3, 0.4) is 0 Å². The van der Waals surface area contributed by atoms with E-state index in [9.17, 15) is 13.6 Å². The lowest BCUT2D eigenvalue weighted by Crippen LogP contribution is -2.23. The van der Waals surface area contributed by atoms with E-state index >= 15 is 0 Å². The highest BCUT2D eigenvalue weighted by atomic mass is 19.1. The van der Waals surface area contributed by atoms with Crippen molar-refractivity contribution in [3.05, 3.63) is 89.2 Å². The van der Waals surface area contributed by atoms with E-state index in [-0.39, 0.29) is 24.8 Å². The van der Waals surface area contributed by atoms with Crippen LogP contribution in [0, 0.1) is 18.6 Å². The zero-order valence-electron chi connectivity index (χ0n) is 18.6. The number of carbonyl (C=O) groups excluding carboxylic acids is 1. The van der Waals surface area contributed by atoms with Crippen LogP contribution in [0.2, 0.25) is 0 Å². The predicted octanol–water partition coefficient (Wildman–Crippen LogP) is 4.36. The lowest BCUT2D eigenvalue weighted by atomic mass is 10.1. The molecule has 0 bridgehead atoms. The Morgan fingerprint density at radius 1 is 1.12 bits per heavy atom. The van der Waals surface area contributed by atoms with Crippen molar-refractivity contribution in [2.24, 2.45) is 5.10 Å². The molecule has 4 aromatic rings. The standard InChI is InChI=1S/C25H22F2N4O3/c1-16-29-21-5-3-4-6-22(21)31(16)14-25(32)30-28-13-17-7-9-23(33-2)18(11-17)15-34-24-10-8-19(26)12-20(24)27/h3-13H,14-15H2,1-2H3,(H,30,32)/b28-13-. The molecule has 0 saturated heterocycles. The van der Waals surface area contributed by atoms with Crippen molar-refractivity contribution in [1.82, 2.24) is 15.0 Å². The summed E-state index contributed by atoms with van der Waals surface area (Å²) in [6.45, 7) is 1.91. The molecule has 1 N–H and O–H groups in total. The molecule has 1 heterocycles. The van der Waals surface area contributed by atoms with Crippen LogP contribution >= 0.6 is 0 Å². The van der Waals surface area contributed by atoms with Gasteiger partial charge in [-0.15, -0.1) is 0 Å². The second kappa shape index (κ2) is 10.1. The summed E-state index contributed by atoms with van der Waals surface area (Å²) in [6, 6.07) is 15.9. The molecule has 7 nitrogen and oxygen atoms in total. The van der Waals surface area contributed by atoms with Crippen molar-refractivity contribution in [3.8, 4) is 11.5 Å². The Bertz CT molecular complexity index is 1370. The van der Waals surface area contributed by atoms with Crippen molar-refractivity contribution in [2.45, 2.75) is 20.1 Å². The number of carbonyl (C=O) groups is 1. The van der Waals surface area contributed by atoms with Gasteiger partial charge in [0, 0.05) is 11.6 Å². The third kappa shape index (κ3) is 5.20. The van der Waals surface area contributed by atoms with E-state index < -0.39 is 11.6 Å². The first-order valence-electron chi connectivity index (χ1n) is 10.4. The molecule has 0 spiro atoms. The van der Waals surface area contributed by atoms with Crippen LogP contribution in [0.4, 0.5) is 8.78 Å². The number of halogens is 2. The summed E-state index contributed by atoms with van der Waals surface area (Å²) in [5.41, 5.74) is 5.51. The van der Waals surface area contributed by atoms with E-state index in [0.29, 0.717) is 16.9 Å². The van der Waals surface area contributed by atoms with Crippen molar-refractivity contribution in [3.63, 3.8) is 0 Å². The highest BCUT2D eigenvalue weighted by molar-refractivity contribution is 5.84. The first-order valence-corrected chi connectivity index (χ1v) is 10.4. The summed E-state index contributed by atoms with van der Waals surface area (Å²) in [5.74, 6) is -0.577. The number of hydrogen-bond acceptors (Lipinski definition) is 5. The van der Waals surface area contributed by atoms with Crippen LogP contribution in [-0.2, 0) is 17.9 Å². The SMILES string of the molecule is COc1ccc(/C=N\NC(=O)Cn2c(C)nc3ccccc32)cc1COc1ccc(F)cc1F. The molecule has 0 unspecified atom stereocenters. The summed E-state index contributed by atoms with van der Waals surface area (Å²) in [5, 5.41) is 4.03. The van der Waals surface area contributed by atoms with Crippen molar-refractivity contribution in [2.75, 3.05) is 7.11 Å². The highest BCUT2D eigenvalue weighted by Gasteiger charge is 2.11. The van der Waals surface area contributed by atoms with E-state index in [1.165, 1.54) is 19.4 Å². The minimum atomic E-state index is -0.791. The number of ether oxygens (including phenoxy) is 2. The molecule has 34 heavy (non-hydrogen) atoms. The minimum absolute atomic E-state index is 0.00720. The van der Waals surface area contributed by atoms with E-state index in [4.69, 9.17) is 9.47 Å². The maximum atomic E-state index is 13.8. The zero-order chi connectivity index (χ0) is 24.1. The lowest BCUT2D eigenvalue weighted by molar-refractivity contribution is -0.121. The first-order chi connectivity index (χ1) is 16.4. The number of hydrazone groups is 1. The Morgan fingerprint density at radius 3 is 2.71 bits per heavy atom. The predicted molar refractivity (Wildman–Crippen MR) is 124 cm³/mol. The van der Waals surface area contributed by atoms with Gasteiger partial charge in [0.1, 0.15) is 30.5 Å². The Balaban J connectivity index is 1.41. The van der Waals surface area contributed by atoms with Gasteiger partial charge in [-0.3, -0.25) is 4.79 Å². The van der Waals surface area contributed by atoms with Gasteiger partial charge < -0.3 is 14.0 Å². The number of hydrogen-bond donors (Lipinski definition) is 1. The van der Waals surface area contributed by atoms with Gasteiger partial charge in [0.15, 0.2) is 11.6 Å². The molecule has 0 saturated carbocycles. The van der Waals surface area contributed by atoms with Gasteiger partial charge in [-0.25, -0.2) is 19.2 Å². The molecule has 1 amide bonds. The number of nitrogens with zero attached hydrogens (tertiary/aromatic N) is 3. The molecule has 1 aromatic heterocycles. The summed E-state index contributed by atoms with van der Waals surface area (Å²) < 4.78 is 39.6. The van der Waals surface area contributed by atoms with Crippen molar-refractivity contribution >= 4 is 23.2 Å². The van der Waals surface area contributed by atoms with Crippen LogP contribution in [0.5, 0.6) is 11.5 Å². The minimum Gasteiger partial charge on any atom is -0.496 e.